The fourth-order valence-corrected chi connectivity index (χ4v) is 2.57. The maximum absolute atomic E-state index is 5.09. The van der Waals surface area contributed by atoms with E-state index in [0.717, 1.165) is 24.6 Å². The molecule has 8 heteroatoms. The van der Waals surface area contributed by atoms with Crippen molar-refractivity contribution in [1.29, 1.82) is 0 Å². The summed E-state index contributed by atoms with van der Waals surface area (Å²) >= 11 is 0. The Labute approximate surface area is 142 Å². The summed E-state index contributed by atoms with van der Waals surface area (Å²) in [4.78, 5) is 8.67. The third-order valence-corrected chi connectivity index (χ3v) is 3.84. The monoisotopic (exact) mass is 333 g/mol. The molecule has 24 heavy (non-hydrogen) atoms. The normalized spacial score (nSPS) is 13.2. The summed E-state index contributed by atoms with van der Waals surface area (Å²) < 4.78 is 7.02. The highest BCUT2D eigenvalue weighted by molar-refractivity contribution is 5.80. The second kappa shape index (κ2) is 7.94. The summed E-state index contributed by atoms with van der Waals surface area (Å²) in [7, 11) is 1.97. The predicted molar refractivity (Wildman–Crippen MR) is 92.8 cm³/mol. The summed E-state index contributed by atoms with van der Waals surface area (Å²) in [6.45, 7) is 11.2. The van der Waals surface area contributed by atoms with E-state index in [2.05, 4.69) is 44.7 Å². The Bertz CT molecular complexity index is 701. The molecule has 0 radical (unpaired) electrons. The number of aromatic nitrogens is 4. The Morgan fingerprint density at radius 2 is 2.08 bits per heavy atom. The topological polar surface area (TPSA) is 93.2 Å². The van der Waals surface area contributed by atoms with Gasteiger partial charge in [-0.1, -0.05) is 5.16 Å². The molecule has 132 valence electrons. The first kappa shape index (κ1) is 18.0. The number of hydrogen-bond donors (Lipinski definition) is 2. The zero-order valence-corrected chi connectivity index (χ0v) is 15.3. The first-order chi connectivity index (χ1) is 11.4. The van der Waals surface area contributed by atoms with Gasteiger partial charge in [0.25, 0.3) is 0 Å². The fourth-order valence-electron chi connectivity index (χ4n) is 2.57. The summed E-state index contributed by atoms with van der Waals surface area (Å²) in [6, 6.07) is 0.217. The van der Waals surface area contributed by atoms with Gasteiger partial charge in [0.15, 0.2) is 11.8 Å². The minimum atomic E-state index is 0.217. The molecule has 2 aromatic heterocycles. The number of nitrogens with zero attached hydrogens (tertiary/aromatic N) is 5. The van der Waals surface area contributed by atoms with Gasteiger partial charge in [-0.2, -0.15) is 10.1 Å². The molecule has 2 N–H and O–H groups in total. The Morgan fingerprint density at radius 1 is 1.33 bits per heavy atom. The molecule has 2 heterocycles. The first-order valence-corrected chi connectivity index (χ1v) is 8.23. The van der Waals surface area contributed by atoms with Crippen LogP contribution in [0.3, 0.4) is 0 Å². The van der Waals surface area contributed by atoms with Crippen LogP contribution in [0, 0.1) is 20.8 Å². The minimum absolute atomic E-state index is 0.217. The van der Waals surface area contributed by atoms with Crippen molar-refractivity contribution >= 4 is 5.96 Å². The van der Waals surface area contributed by atoms with Gasteiger partial charge in [-0.25, -0.2) is 4.99 Å². The number of guanidine groups is 1. The van der Waals surface area contributed by atoms with Crippen LogP contribution in [0.15, 0.2) is 9.52 Å². The summed E-state index contributed by atoms with van der Waals surface area (Å²) in [5.74, 6) is 1.87. The summed E-state index contributed by atoms with van der Waals surface area (Å²) in [5.41, 5.74) is 3.55. The standard InChI is InChI=1S/C16H27N7O/c1-7-17-16(18-9-15-20-13(5)22-24-15)19-10(2)8-14-11(3)21-23(6)12(14)4/h10H,7-9H2,1-6H3,(H2,17,18,19). The lowest BCUT2D eigenvalue weighted by Crippen LogP contribution is -2.43. The smallest absolute Gasteiger partial charge is 0.248 e. The highest BCUT2D eigenvalue weighted by Gasteiger charge is 2.14. The Morgan fingerprint density at radius 3 is 2.62 bits per heavy atom. The molecule has 2 aromatic rings. The maximum atomic E-state index is 5.09. The largest absolute Gasteiger partial charge is 0.357 e. The van der Waals surface area contributed by atoms with Gasteiger partial charge in [0, 0.05) is 25.3 Å². The molecule has 0 saturated carbocycles. The van der Waals surface area contributed by atoms with Crippen LogP contribution in [0.4, 0.5) is 0 Å². The molecule has 8 nitrogen and oxygen atoms in total. The Balaban J connectivity index is 2.00. The SMILES string of the molecule is CCNC(=NCc1nc(C)no1)NC(C)Cc1c(C)nn(C)c1C. The zero-order valence-electron chi connectivity index (χ0n) is 15.3. The number of aliphatic imine (C=N–C) groups is 1. The van der Waals surface area contributed by atoms with Crippen LogP contribution in [0.25, 0.3) is 0 Å². The summed E-state index contributed by atoms with van der Waals surface area (Å²) in [6.07, 6.45) is 0.885. The third-order valence-electron chi connectivity index (χ3n) is 3.84. The maximum Gasteiger partial charge on any atom is 0.248 e. The lowest BCUT2D eigenvalue weighted by atomic mass is 10.1. The van der Waals surface area contributed by atoms with Crippen LogP contribution >= 0.6 is 0 Å². The highest BCUT2D eigenvalue weighted by Crippen LogP contribution is 2.14. The predicted octanol–water partition coefficient (Wildman–Crippen LogP) is 1.41. The van der Waals surface area contributed by atoms with E-state index in [-0.39, 0.29) is 6.04 Å². The van der Waals surface area contributed by atoms with Crippen LogP contribution in [-0.4, -0.2) is 38.5 Å². The number of rotatable bonds is 6. The molecule has 0 spiro atoms. The molecule has 0 aliphatic carbocycles. The highest BCUT2D eigenvalue weighted by atomic mass is 16.5. The molecule has 0 bridgehead atoms. The number of hydrogen-bond acceptors (Lipinski definition) is 5. The second-order valence-corrected chi connectivity index (χ2v) is 5.95. The van der Waals surface area contributed by atoms with Crippen molar-refractivity contribution in [3.8, 4) is 0 Å². The van der Waals surface area contributed by atoms with Gasteiger partial charge in [0.2, 0.25) is 5.89 Å². The Kier molecular flexibility index (Phi) is 5.94. The van der Waals surface area contributed by atoms with Crippen LogP contribution in [0.2, 0.25) is 0 Å². The molecule has 2 rings (SSSR count). The molecule has 0 saturated heterocycles. The molecule has 0 aliphatic heterocycles. The molecule has 1 unspecified atom stereocenters. The number of aryl methyl sites for hydroxylation is 3. The van der Waals surface area contributed by atoms with Gasteiger partial charge in [0.1, 0.15) is 6.54 Å². The second-order valence-electron chi connectivity index (χ2n) is 5.95. The van der Waals surface area contributed by atoms with Crippen molar-refractivity contribution in [1.82, 2.24) is 30.6 Å². The molecular formula is C16H27N7O. The molecule has 0 aromatic carbocycles. The van der Waals surface area contributed by atoms with Crippen LogP contribution in [0.5, 0.6) is 0 Å². The van der Waals surface area contributed by atoms with E-state index in [9.17, 15) is 0 Å². The quantitative estimate of drug-likeness (QED) is 0.613. The van der Waals surface area contributed by atoms with Crippen LogP contribution in [-0.2, 0) is 20.0 Å². The van der Waals surface area contributed by atoms with Crippen molar-refractivity contribution in [3.63, 3.8) is 0 Å². The Hall–Kier alpha value is -2.38. The van der Waals surface area contributed by atoms with Crippen molar-refractivity contribution in [2.45, 2.75) is 53.6 Å². The summed E-state index contributed by atoms with van der Waals surface area (Å²) in [5, 5.41) is 14.9. The van der Waals surface area contributed by atoms with E-state index in [4.69, 9.17) is 4.52 Å². The van der Waals surface area contributed by atoms with Gasteiger partial charge in [-0.15, -0.1) is 0 Å². The molecule has 1 atom stereocenters. The lowest BCUT2D eigenvalue weighted by molar-refractivity contribution is 0.376. The van der Waals surface area contributed by atoms with Crippen LogP contribution < -0.4 is 10.6 Å². The van der Waals surface area contributed by atoms with Gasteiger partial charge in [-0.3, -0.25) is 4.68 Å². The average Bonchev–Trinajstić information content (AvgIpc) is 3.04. The van der Waals surface area contributed by atoms with Crippen molar-refractivity contribution < 1.29 is 4.52 Å². The molecular weight excluding hydrogens is 306 g/mol. The van der Waals surface area contributed by atoms with Crippen molar-refractivity contribution in [3.05, 3.63) is 28.7 Å². The molecule has 0 amide bonds. The van der Waals surface area contributed by atoms with E-state index in [1.165, 1.54) is 11.3 Å². The van der Waals surface area contributed by atoms with E-state index in [1.807, 2.05) is 25.6 Å². The average molecular weight is 333 g/mol. The third kappa shape index (κ3) is 4.56. The van der Waals surface area contributed by atoms with E-state index < -0.39 is 0 Å². The first-order valence-electron chi connectivity index (χ1n) is 8.23. The van der Waals surface area contributed by atoms with Gasteiger partial charge in [-0.05, 0) is 46.6 Å². The fraction of sp³-hybridized carbons (Fsp3) is 0.625. The lowest BCUT2D eigenvalue weighted by Gasteiger charge is -2.18. The van der Waals surface area contributed by atoms with Gasteiger partial charge in [0.05, 0.1) is 5.69 Å². The zero-order chi connectivity index (χ0) is 17.7. The van der Waals surface area contributed by atoms with Crippen molar-refractivity contribution in [2.75, 3.05) is 6.54 Å². The van der Waals surface area contributed by atoms with Crippen molar-refractivity contribution in [2.24, 2.45) is 12.0 Å². The van der Waals surface area contributed by atoms with Gasteiger partial charge >= 0.3 is 0 Å². The van der Waals surface area contributed by atoms with Crippen LogP contribution in [0.1, 0.15) is 42.5 Å². The van der Waals surface area contributed by atoms with E-state index in [0.29, 0.717) is 18.3 Å². The number of nitrogens with one attached hydrogen (secondary N) is 2. The molecule has 0 aliphatic rings. The van der Waals surface area contributed by atoms with E-state index >= 15 is 0 Å². The van der Waals surface area contributed by atoms with Gasteiger partial charge < -0.3 is 15.2 Å². The van der Waals surface area contributed by atoms with E-state index in [1.54, 1.807) is 6.92 Å². The molecule has 0 fully saturated rings. The minimum Gasteiger partial charge on any atom is -0.357 e.